The highest BCUT2D eigenvalue weighted by Crippen LogP contribution is 2.13. The third-order valence-electron chi connectivity index (χ3n) is 2.26. The molecule has 0 aliphatic rings. The summed E-state index contributed by atoms with van der Waals surface area (Å²) in [5.74, 6) is 3.19. The third-order valence-corrected chi connectivity index (χ3v) is 3.38. The Hall–Kier alpha value is -1.50. The van der Waals surface area contributed by atoms with Crippen molar-refractivity contribution in [3.63, 3.8) is 0 Å². The zero-order chi connectivity index (χ0) is 13.2. The molecule has 0 amide bonds. The molecule has 0 bridgehead atoms. The van der Waals surface area contributed by atoms with Gasteiger partial charge in [-0.2, -0.15) is 5.10 Å². The first-order valence-corrected chi connectivity index (χ1v) is 9.66. The summed E-state index contributed by atoms with van der Waals surface area (Å²) in [7, 11) is -1.33. The van der Waals surface area contributed by atoms with E-state index in [0.29, 0.717) is 0 Å². The van der Waals surface area contributed by atoms with Crippen LogP contribution in [0.1, 0.15) is 5.56 Å². The molecule has 18 heavy (non-hydrogen) atoms. The van der Waals surface area contributed by atoms with Crippen molar-refractivity contribution < 1.29 is 0 Å². The van der Waals surface area contributed by atoms with Gasteiger partial charge in [-0.3, -0.25) is 0 Å². The second-order valence-corrected chi connectivity index (χ2v) is 10.3. The van der Waals surface area contributed by atoms with Crippen LogP contribution < -0.4 is 0 Å². The predicted octanol–water partition coefficient (Wildman–Crippen LogP) is 3.75. The van der Waals surface area contributed by atoms with Gasteiger partial charge in [0.2, 0.25) is 0 Å². The molecule has 0 atom stereocenters. The van der Waals surface area contributed by atoms with Crippen molar-refractivity contribution in [3.8, 4) is 17.2 Å². The smallest absolute Gasteiger partial charge is 0.129 e. The molecule has 1 aromatic carbocycles. The summed E-state index contributed by atoms with van der Waals surface area (Å²) >= 11 is 5.86. The summed E-state index contributed by atoms with van der Waals surface area (Å²) in [6.45, 7) is 6.68. The van der Waals surface area contributed by atoms with Crippen molar-refractivity contribution >= 4 is 19.7 Å². The standard InChI is InChI=1S/C14H15ClN2Si/c1-18(2,3)9-8-12-10-16-17(11-12)14-6-4-13(15)5-7-14/h4-7,10-11H,1-3H3. The van der Waals surface area contributed by atoms with E-state index in [1.807, 2.05) is 35.1 Å². The van der Waals surface area contributed by atoms with Crippen LogP contribution in [0.4, 0.5) is 0 Å². The quantitative estimate of drug-likeness (QED) is 0.572. The van der Waals surface area contributed by atoms with Crippen LogP contribution in [0.2, 0.25) is 24.7 Å². The summed E-state index contributed by atoms with van der Waals surface area (Å²) < 4.78 is 1.81. The fraction of sp³-hybridized carbons (Fsp3) is 0.214. The van der Waals surface area contributed by atoms with Gasteiger partial charge in [0, 0.05) is 11.2 Å². The molecule has 0 saturated heterocycles. The molecule has 0 unspecified atom stereocenters. The number of hydrogen-bond donors (Lipinski definition) is 0. The normalized spacial score (nSPS) is 10.9. The highest BCUT2D eigenvalue weighted by Gasteiger charge is 2.07. The maximum absolute atomic E-state index is 5.86. The Bertz CT molecular complexity index is 597. The number of benzene rings is 1. The van der Waals surface area contributed by atoms with Crippen LogP contribution in [0.3, 0.4) is 0 Å². The molecule has 2 aromatic rings. The van der Waals surface area contributed by atoms with Gasteiger partial charge < -0.3 is 0 Å². The van der Waals surface area contributed by atoms with Crippen molar-refractivity contribution in [1.29, 1.82) is 0 Å². The van der Waals surface area contributed by atoms with Gasteiger partial charge in [0.05, 0.1) is 17.4 Å². The Morgan fingerprint density at radius 3 is 2.44 bits per heavy atom. The molecular formula is C14H15ClN2Si. The van der Waals surface area contributed by atoms with Crippen LogP contribution in [-0.4, -0.2) is 17.9 Å². The lowest BCUT2D eigenvalue weighted by molar-refractivity contribution is 0.880. The molecule has 0 spiro atoms. The maximum Gasteiger partial charge on any atom is 0.129 e. The van der Waals surface area contributed by atoms with E-state index in [9.17, 15) is 0 Å². The monoisotopic (exact) mass is 274 g/mol. The highest BCUT2D eigenvalue weighted by molar-refractivity contribution is 6.83. The first kappa shape index (κ1) is 12.9. The summed E-state index contributed by atoms with van der Waals surface area (Å²) in [6, 6.07) is 7.58. The Kier molecular flexibility index (Phi) is 3.60. The summed E-state index contributed by atoms with van der Waals surface area (Å²) in [5.41, 5.74) is 5.26. The molecule has 0 N–H and O–H groups in total. The predicted molar refractivity (Wildman–Crippen MR) is 78.8 cm³/mol. The largest absolute Gasteiger partial charge is 0.240 e. The van der Waals surface area contributed by atoms with Gasteiger partial charge >= 0.3 is 0 Å². The van der Waals surface area contributed by atoms with Gasteiger partial charge in [-0.05, 0) is 24.3 Å². The van der Waals surface area contributed by atoms with Crippen LogP contribution in [0.5, 0.6) is 0 Å². The van der Waals surface area contributed by atoms with E-state index in [0.717, 1.165) is 16.3 Å². The second-order valence-electron chi connectivity index (χ2n) is 5.15. The number of rotatable bonds is 1. The van der Waals surface area contributed by atoms with E-state index in [1.165, 1.54) is 0 Å². The van der Waals surface area contributed by atoms with Crippen molar-refractivity contribution in [2.24, 2.45) is 0 Å². The number of hydrogen-bond acceptors (Lipinski definition) is 1. The fourth-order valence-corrected chi connectivity index (χ4v) is 2.03. The SMILES string of the molecule is C[Si](C)(C)C#Cc1cnn(-c2ccc(Cl)cc2)c1. The average Bonchev–Trinajstić information content (AvgIpc) is 2.75. The van der Waals surface area contributed by atoms with Crippen LogP contribution in [0, 0.1) is 11.5 Å². The zero-order valence-electron chi connectivity index (χ0n) is 10.7. The third kappa shape index (κ3) is 3.49. The summed E-state index contributed by atoms with van der Waals surface area (Å²) in [4.78, 5) is 0. The molecular weight excluding hydrogens is 260 g/mol. The number of aromatic nitrogens is 2. The van der Waals surface area contributed by atoms with Gasteiger partial charge in [-0.1, -0.05) is 37.2 Å². The van der Waals surface area contributed by atoms with E-state index in [1.54, 1.807) is 6.20 Å². The summed E-state index contributed by atoms with van der Waals surface area (Å²) in [5, 5.41) is 5.03. The van der Waals surface area contributed by atoms with E-state index in [-0.39, 0.29) is 0 Å². The minimum Gasteiger partial charge on any atom is -0.240 e. The zero-order valence-corrected chi connectivity index (χ0v) is 12.5. The van der Waals surface area contributed by atoms with Crippen LogP contribution in [0.25, 0.3) is 5.69 Å². The number of halogens is 1. The molecule has 1 aromatic heterocycles. The van der Waals surface area contributed by atoms with Gasteiger partial charge in [-0.25, -0.2) is 4.68 Å². The van der Waals surface area contributed by atoms with Gasteiger partial charge in [0.1, 0.15) is 8.07 Å². The van der Waals surface area contributed by atoms with E-state index in [4.69, 9.17) is 11.6 Å². The van der Waals surface area contributed by atoms with Crippen molar-refractivity contribution in [1.82, 2.24) is 9.78 Å². The fourth-order valence-electron chi connectivity index (χ4n) is 1.38. The van der Waals surface area contributed by atoms with Gasteiger partial charge in [-0.15, -0.1) is 5.54 Å². The minimum absolute atomic E-state index is 0.727. The maximum atomic E-state index is 5.86. The van der Waals surface area contributed by atoms with E-state index in [2.05, 4.69) is 36.2 Å². The van der Waals surface area contributed by atoms with E-state index < -0.39 is 8.07 Å². The van der Waals surface area contributed by atoms with Crippen molar-refractivity contribution in [2.75, 3.05) is 0 Å². The lowest BCUT2D eigenvalue weighted by Gasteiger charge is -2.02. The van der Waals surface area contributed by atoms with Crippen molar-refractivity contribution in [3.05, 3.63) is 47.2 Å². The minimum atomic E-state index is -1.33. The molecule has 0 aliphatic heterocycles. The molecule has 0 aliphatic carbocycles. The van der Waals surface area contributed by atoms with Gasteiger partial charge in [0.15, 0.2) is 0 Å². The second kappa shape index (κ2) is 5.01. The average molecular weight is 275 g/mol. The topological polar surface area (TPSA) is 17.8 Å². The summed E-state index contributed by atoms with van der Waals surface area (Å²) in [6.07, 6.45) is 3.73. The Morgan fingerprint density at radius 2 is 1.83 bits per heavy atom. The van der Waals surface area contributed by atoms with Crippen LogP contribution >= 0.6 is 11.6 Å². The molecule has 1 heterocycles. The van der Waals surface area contributed by atoms with E-state index >= 15 is 0 Å². The Labute approximate surface area is 114 Å². The first-order chi connectivity index (χ1) is 8.44. The molecule has 92 valence electrons. The molecule has 2 rings (SSSR count). The Morgan fingerprint density at radius 1 is 1.17 bits per heavy atom. The lowest BCUT2D eigenvalue weighted by atomic mass is 10.3. The highest BCUT2D eigenvalue weighted by atomic mass is 35.5. The molecule has 4 heteroatoms. The molecule has 0 radical (unpaired) electrons. The molecule has 0 saturated carbocycles. The molecule has 2 nitrogen and oxygen atoms in total. The molecule has 0 fully saturated rings. The van der Waals surface area contributed by atoms with Crippen LogP contribution in [0.15, 0.2) is 36.7 Å². The van der Waals surface area contributed by atoms with Crippen molar-refractivity contribution in [2.45, 2.75) is 19.6 Å². The number of nitrogens with zero attached hydrogens (tertiary/aromatic N) is 2. The Balaban J connectivity index is 2.25. The van der Waals surface area contributed by atoms with Gasteiger partial charge in [0.25, 0.3) is 0 Å². The lowest BCUT2D eigenvalue weighted by Crippen LogP contribution is -2.16. The van der Waals surface area contributed by atoms with Crippen LogP contribution in [-0.2, 0) is 0 Å². The first-order valence-electron chi connectivity index (χ1n) is 5.78.